The van der Waals surface area contributed by atoms with Gasteiger partial charge in [0, 0.05) is 37.2 Å². The zero-order valence-corrected chi connectivity index (χ0v) is 17.5. The fourth-order valence-electron chi connectivity index (χ4n) is 3.27. The maximum Gasteiger partial charge on any atom is 0.271 e. The standard InChI is InChI=1S/C23H26N4O3/c1-4-26(5-2)23(30)17-9-11-18(12-10-17)24-22(29)20-13-14-21(28)27(25-20)19-8-6-7-16(3)15-19/h6-12,15H,4-5,13-14H2,1-3H3,(H,24,29). The van der Waals surface area contributed by atoms with E-state index in [4.69, 9.17) is 0 Å². The minimum Gasteiger partial charge on any atom is -0.339 e. The number of nitrogens with one attached hydrogen (secondary N) is 1. The van der Waals surface area contributed by atoms with Gasteiger partial charge in [-0.15, -0.1) is 0 Å². The first-order valence-corrected chi connectivity index (χ1v) is 10.1. The van der Waals surface area contributed by atoms with Crippen molar-refractivity contribution in [2.24, 2.45) is 5.10 Å². The van der Waals surface area contributed by atoms with Gasteiger partial charge in [0.05, 0.1) is 5.69 Å². The van der Waals surface area contributed by atoms with Crippen molar-refractivity contribution in [3.8, 4) is 0 Å². The van der Waals surface area contributed by atoms with Crippen LogP contribution in [0, 0.1) is 6.92 Å². The second-order valence-corrected chi connectivity index (χ2v) is 7.10. The van der Waals surface area contributed by atoms with E-state index in [1.165, 1.54) is 5.01 Å². The molecule has 1 N–H and O–H groups in total. The Hall–Kier alpha value is -3.48. The number of amides is 3. The summed E-state index contributed by atoms with van der Waals surface area (Å²) in [7, 11) is 0. The number of carbonyl (C=O) groups is 3. The summed E-state index contributed by atoms with van der Waals surface area (Å²) in [6, 6.07) is 14.2. The summed E-state index contributed by atoms with van der Waals surface area (Å²) in [5, 5.41) is 8.38. The Morgan fingerprint density at radius 3 is 2.40 bits per heavy atom. The van der Waals surface area contributed by atoms with Gasteiger partial charge < -0.3 is 10.2 Å². The zero-order valence-electron chi connectivity index (χ0n) is 17.5. The fraction of sp³-hybridized carbons (Fsp3) is 0.304. The molecule has 7 heteroatoms. The molecule has 0 saturated carbocycles. The van der Waals surface area contributed by atoms with E-state index in [0.29, 0.717) is 35.7 Å². The lowest BCUT2D eigenvalue weighted by molar-refractivity contribution is -0.118. The van der Waals surface area contributed by atoms with Gasteiger partial charge in [0.15, 0.2) is 0 Å². The number of hydrogen-bond acceptors (Lipinski definition) is 4. The minimum absolute atomic E-state index is 0.0400. The molecular formula is C23H26N4O3. The molecule has 1 aliphatic rings. The molecule has 0 unspecified atom stereocenters. The summed E-state index contributed by atoms with van der Waals surface area (Å²) in [4.78, 5) is 39.1. The van der Waals surface area contributed by atoms with Gasteiger partial charge in [0.1, 0.15) is 5.71 Å². The molecule has 2 aromatic carbocycles. The highest BCUT2D eigenvalue weighted by atomic mass is 16.2. The second kappa shape index (κ2) is 9.35. The van der Waals surface area contributed by atoms with Crippen molar-refractivity contribution in [1.29, 1.82) is 0 Å². The molecule has 0 spiro atoms. The lowest BCUT2D eigenvalue weighted by Gasteiger charge is -2.23. The maximum absolute atomic E-state index is 12.7. The van der Waals surface area contributed by atoms with Crippen molar-refractivity contribution < 1.29 is 14.4 Å². The molecule has 30 heavy (non-hydrogen) atoms. The molecule has 7 nitrogen and oxygen atoms in total. The SMILES string of the molecule is CCN(CC)C(=O)c1ccc(NC(=O)C2=NN(c3cccc(C)c3)C(=O)CC2)cc1. The number of carbonyl (C=O) groups excluding carboxylic acids is 3. The molecule has 1 heterocycles. The third-order valence-electron chi connectivity index (χ3n) is 4.98. The Morgan fingerprint density at radius 1 is 1.07 bits per heavy atom. The Morgan fingerprint density at radius 2 is 1.77 bits per heavy atom. The molecular weight excluding hydrogens is 380 g/mol. The first kappa shape index (κ1) is 21.2. The van der Waals surface area contributed by atoms with Crippen LogP contribution in [0.25, 0.3) is 0 Å². The van der Waals surface area contributed by atoms with Crippen LogP contribution in [0.4, 0.5) is 11.4 Å². The van der Waals surface area contributed by atoms with Crippen LogP contribution in [0.1, 0.15) is 42.6 Å². The quantitative estimate of drug-likeness (QED) is 0.796. The van der Waals surface area contributed by atoms with E-state index in [1.807, 2.05) is 39.0 Å². The number of rotatable bonds is 6. The fourth-order valence-corrected chi connectivity index (χ4v) is 3.27. The molecule has 156 valence electrons. The van der Waals surface area contributed by atoms with Crippen molar-refractivity contribution in [3.63, 3.8) is 0 Å². The molecule has 0 atom stereocenters. The first-order chi connectivity index (χ1) is 14.4. The summed E-state index contributed by atoms with van der Waals surface area (Å²) < 4.78 is 0. The summed E-state index contributed by atoms with van der Waals surface area (Å²) in [5.74, 6) is -0.541. The topological polar surface area (TPSA) is 82.1 Å². The second-order valence-electron chi connectivity index (χ2n) is 7.10. The van der Waals surface area contributed by atoms with Gasteiger partial charge in [-0.3, -0.25) is 14.4 Å². The number of aryl methyl sites for hydroxylation is 1. The van der Waals surface area contributed by atoms with Crippen LogP contribution >= 0.6 is 0 Å². The van der Waals surface area contributed by atoms with E-state index >= 15 is 0 Å². The molecule has 0 radical (unpaired) electrons. The Labute approximate surface area is 176 Å². The van der Waals surface area contributed by atoms with E-state index in [0.717, 1.165) is 5.56 Å². The van der Waals surface area contributed by atoms with Crippen LogP contribution < -0.4 is 10.3 Å². The van der Waals surface area contributed by atoms with Gasteiger partial charge in [-0.05, 0) is 62.7 Å². The van der Waals surface area contributed by atoms with Gasteiger partial charge >= 0.3 is 0 Å². The van der Waals surface area contributed by atoms with Gasteiger partial charge in [-0.25, -0.2) is 5.01 Å². The molecule has 3 amide bonds. The molecule has 0 saturated heterocycles. The molecule has 0 aliphatic carbocycles. The summed E-state index contributed by atoms with van der Waals surface area (Å²) in [6.07, 6.45) is 0.503. The predicted octanol–water partition coefficient (Wildman–Crippen LogP) is 3.60. The van der Waals surface area contributed by atoms with E-state index in [9.17, 15) is 14.4 Å². The lowest BCUT2D eigenvalue weighted by atomic mass is 10.1. The van der Waals surface area contributed by atoms with Crippen LogP contribution in [-0.2, 0) is 9.59 Å². The molecule has 0 bridgehead atoms. The predicted molar refractivity (Wildman–Crippen MR) is 118 cm³/mol. The Bertz CT molecular complexity index is 978. The molecule has 0 aromatic heterocycles. The van der Waals surface area contributed by atoms with Gasteiger partial charge in [-0.1, -0.05) is 12.1 Å². The molecule has 3 rings (SSSR count). The average molecular weight is 406 g/mol. The maximum atomic E-state index is 12.7. The number of hydrogen-bond donors (Lipinski definition) is 1. The third kappa shape index (κ3) is 4.74. The summed E-state index contributed by atoms with van der Waals surface area (Å²) >= 11 is 0. The van der Waals surface area contributed by atoms with Crippen molar-refractivity contribution in [2.45, 2.75) is 33.6 Å². The molecule has 2 aromatic rings. The van der Waals surface area contributed by atoms with Crippen LogP contribution in [0.3, 0.4) is 0 Å². The number of nitrogens with zero attached hydrogens (tertiary/aromatic N) is 3. The Kier molecular flexibility index (Phi) is 6.61. The van der Waals surface area contributed by atoms with Crippen LogP contribution in [-0.4, -0.2) is 41.4 Å². The normalized spacial score (nSPS) is 13.6. The minimum atomic E-state index is -0.358. The van der Waals surface area contributed by atoms with Gasteiger partial charge in [-0.2, -0.15) is 5.10 Å². The molecule has 0 fully saturated rings. The summed E-state index contributed by atoms with van der Waals surface area (Å²) in [6.45, 7) is 7.09. The highest BCUT2D eigenvalue weighted by Gasteiger charge is 2.25. The summed E-state index contributed by atoms with van der Waals surface area (Å²) in [5.41, 5.74) is 3.08. The van der Waals surface area contributed by atoms with Crippen molar-refractivity contribution in [2.75, 3.05) is 23.4 Å². The van der Waals surface area contributed by atoms with Crippen molar-refractivity contribution in [3.05, 3.63) is 59.7 Å². The largest absolute Gasteiger partial charge is 0.339 e. The highest BCUT2D eigenvalue weighted by molar-refractivity contribution is 6.44. The van der Waals surface area contributed by atoms with E-state index in [-0.39, 0.29) is 30.6 Å². The smallest absolute Gasteiger partial charge is 0.271 e. The van der Waals surface area contributed by atoms with Gasteiger partial charge in [0.2, 0.25) is 5.91 Å². The van der Waals surface area contributed by atoms with Crippen LogP contribution in [0.2, 0.25) is 0 Å². The highest BCUT2D eigenvalue weighted by Crippen LogP contribution is 2.22. The number of benzene rings is 2. The van der Waals surface area contributed by atoms with Crippen molar-refractivity contribution >= 4 is 34.8 Å². The monoisotopic (exact) mass is 406 g/mol. The number of anilines is 2. The Balaban J connectivity index is 1.73. The first-order valence-electron chi connectivity index (χ1n) is 10.1. The lowest BCUT2D eigenvalue weighted by Crippen LogP contribution is -2.36. The van der Waals surface area contributed by atoms with Gasteiger partial charge in [0.25, 0.3) is 11.8 Å². The van der Waals surface area contributed by atoms with E-state index in [1.54, 1.807) is 35.2 Å². The number of hydrazone groups is 1. The van der Waals surface area contributed by atoms with Crippen molar-refractivity contribution in [1.82, 2.24) is 4.90 Å². The molecule has 1 aliphatic heterocycles. The van der Waals surface area contributed by atoms with E-state index < -0.39 is 0 Å². The van der Waals surface area contributed by atoms with Crippen LogP contribution in [0.5, 0.6) is 0 Å². The van der Waals surface area contributed by atoms with E-state index in [2.05, 4.69) is 10.4 Å². The van der Waals surface area contributed by atoms with Crippen LogP contribution in [0.15, 0.2) is 53.6 Å². The average Bonchev–Trinajstić information content (AvgIpc) is 2.75. The zero-order chi connectivity index (χ0) is 21.7. The third-order valence-corrected chi connectivity index (χ3v) is 4.98.